The minimum Gasteiger partial charge on any atom is -0.338 e. The van der Waals surface area contributed by atoms with E-state index < -0.39 is 65.4 Å². The number of nitrogens with zero attached hydrogens (tertiary/aromatic N) is 6. The Hall–Kier alpha value is -6.20. The molecular formula is C20H11N7O11. The summed E-state index contributed by atoms with van der Waals surface area (Å²) < 4.78 is 0. The van der Waals surface area contributed by atoms with Gasteiger partial charge in [0, 0.05) is 12.1 Å². The molecule has 0 heterocycles. The van der Waals surface area contributed by atoms with Crippen molar-refractivity contribution in [1.29, 1.82) is 0 Å². The summed E-state index contributed by atoms with van der Waals surface area (Å²) in [5, 5.41) is 50.9. The summed E-state index contributed by atoms with van der Waals surface area (Å²) in [5.41, 5.74) is -1.43. The van der Waals surface area contributed by atoms with Gasteiger partial charge < -0.3 is 4.84 Å². The second-order valence-corrected chi connectivity index (χ2v) is 6.97. The third-order valence-corrected chi connectivity index (χ3v) is 4.61. The van der Waals surface area contributed by atoms with Crippen molar-refractivity contribution in [1.82, 2.24) is 0 Å². The van der Waals surface area contributed by atoms with E-state index in [1.807, 2.05) is 0 Å². The van der Waals surface area contributed by atoms with Crippen LogP contribution in [-0.2, 0) is 4.84 Å². The molecular weight excluding hydrogens is 514 g/mol. The maximum Gasteiger partial charge on any atom is 0.369 e. The molecule has 1 N–H and O–H groups in total. The number of carbonyl (C=O) groups is 2. The number of nitro groups is 4. The minimum atomic E-state index is -1.20. The average molecular weight is 525 g/mol. The Morgan fingerprint density at radius 2 is 1.18 bits per heavy atom. The van der Waals surface area contributed by atoms with E-state index in [1.54, 1.807) is 0 Å². The number of amides is 1. The Labute approximate surface area is 208 Å². The predicted molar refractivity (Wildman–Crippen MR) is 124 cm³/mol. The number of benzene rings is 3. The van der Waals surface area contributed by atoms with Gasteiger partial charge in [-0.25, -0.2) is 10.3 Å². The van der Waals surface area contributed by atoms with Crippen LogP contribution in [0.15, 0.2) is 70.9 Å². The summed E-state index contributed by atoms with van der Waals surface area (Å²) in [6.45, 7) is 0. The summed E-state index contributed by atoms with van der Waals surface area (Å²) in [4.78, 5) is 69.5. The fourth-order valence-electron chi connectivity index (χ4n) is 2.84. The molecule has 18 heteroatoms. The van der Waals surface area contributed by atoms with Crippen molar-refractivity contribution >= 4 is 46.0 Å². The topological polar surface area (TPSA) is 253 Å². The number of rotatable bonds is 9. The molecule has 0 spiro atoms. The van der Waals surface area contributed by atoms with E-state index in [0.717, 1.165) is 24.3 Å². The van der Waals surface area contributed by atoms with Crippen LogP contribution in [0.1, 0.15) is 20.7 Å². The number of nitrogens with one attached hydrogen (secondary N) is 1. The van der Waals surface area contributed by atoms with Crippen LogP contribution < -0.4 is 5.48 Å². The molecule has 0 aromatic heterocycles. The van der Waals surface area contributed by atoms with E-state index in [9.17, 15) is 50.0 Å². The number of carbonyl (C=O) groups excluding carboxylic acids is 2. The van der Waals surface area contributed by atoms with Crippen LogP contribution in [0.2, 0.25) is 0 Å². The smallest absolute Gasteiger partial charge is 0.338 e. The first-order chi connectivity index (χ1) is 18.0. The number of anilines is 1. The van der Waals surface area contributed by atoms with Crippen LogP contribution in [0, 0.1) is 40.5 Å². The molecule has 0 aliphatic rings. The highest BCUT2D eigenvalue weighted by Gasteiger charge is 2.26. The van der Waals surface area contributed by atoms with Crippen molar-refractivity contribution < 1.29 is 34.1 Å². The average Bonchev–Trinajstić information content (AvgIpc) is 2.89. The van der Waals surface area contributed by atoms with Gasteiger partial charge in [-0.3, -0.25) is 45.3 Å². The zero-order chi connectivity index (χ0) is 28.0. The third kappa shape index (κ3) is 6.07. The molecule has 0 radical (unpaired) electrons. The molecule has 1 amide bonds. The highest BCUT2D eigenvalue weighted by Crippen LogP contribution is 2.27. The van der Waals surface area contributed by atoms with E-state index in [0.29, 0.717) is 12.1 Å². The summed E-state index contributed by atoms with van der Waals surface area (Å²) in [6.07, 6.45) is 0. The molecule has 3 rings (SSSR count). The lowest BCUT2D eigenvalue weighted by Gasteiger charge is -2.07. The van der Waals surface area contributed by atoms with Gasteiger partial charge in [-0.1, -0.05) is 0 Å². The van der Waals surface area contributed by atoms with Crippen molar-refractivity contribution in [2.75, 3.05) is 5.48 Å². The summed E-state index contributed by atoms with van der Waals surface area (Å²) in [7, 11) is 0. The Balaban J connectivity index is 1.68. The lowest BCUT2D eigenvalue weighted by atomic mass is 10.1. The van der Waals surface area contributed by atoms with Crippen molar-refractivity contribution in [2.24, 2.45) is 10.2 Å². The highest BCUT2D eigenvalue weighted by molar-refractivity contribution is 5.99. The van der Waals surface area contributed by atoms with Gasteiger partial charge in [-0.05, 0) is 36.4 Å². The fourth-order valence-corrected chi connectivity index (χ4v) is 2.84. The van der Waals surface area contributed by atoms with Crippen LogP contribution in [0.5, 0.6) is 0 Å². The number of nitro benzene ring substituents is 4. The Morgan fingerprint density at radius 3 is 1.68 bits per heavy atom. The quantitative estimate of drug-likeness (QED) is 0.231. The van der Waals surface area contributed by atoms with Gasteiger partial charge in [0.25, 0.3) is 22.7 Å². The van der Waals surface area contributed by atoms with Crippen molar-refractivity contribution in [3.8, 4) is 0 Å². The second-order valence-electron chi connectivity index (χ2n) is 6.97. The summed E-state index contributed by atoms with van der Waals surface area (Å²) >= 11 is 0. The first-order valence-electron chi connectivity index (χ1n) is 9.87. The molecule has 0 aliphatic carbocycles. The molecule has 0 aliphatic heterocycles. The van der Waals surface area contributed by atoms with Gasteiger partial charge in [0.15, 0.2) is 0 Å². The van der Waals surface area contributed by atoms with Crippen LogP contribution >= 0.6 is 0 Å². The highest BCUT2D eigenvalue weighted by atomic mass is 16.7. The lowest BCUT2D eigenvalue weighted by Crippen LogP contribution is -2.12. The number of non-ortho nitro benzene ring substituents is 2. The number of hydrogen-bond acceptors (Lipinski definition) is 13. The Kier molecular flexibility index (Phi) is 7.66. The van der Waals surface area contributed by atoms with E-state index >= 15 is 0 Å². The van der Waals surface area contributed by atoms with Gasteiger partial charge in [-0.2, -0.15) is 0 Å². The van der Waals surface area contributed by atoms with Crippen molar-refractivity contribution in [3.63, 3.8) is 0 Å². The summed E-state index contributed by atoms with van der Waals surface area (Å²) in [6, 6.07) is 10.0. The largest absolute Gasteiger partial charge is 0.369 e. The van der Waals surface area contributed by atoms with Gasteiger partial charge in [0.2, 0.25) is 0 Å². The third-order valence-electron chi connectivity index (χ3n) is 4.61. The Morgan fingerprint density at radius 1 is 0.684 bits per heavy atom. The van der Waals surface area contributed by atoms with Crippen molar-refractivity contribution in [2.45, 2.75) is 0 Å². The molecule has 38 heavy (non-hydrogen) atoms. The van der Waals surface area contributed by atoms with E-state index in [2.05, 4.69) is 15.7 Å². The first kappa shape index (κ1) is 26.4. The zero-order valence-electron chi connectivity index (χ0n) is 18.4. The predicted octanol–water partition coefficient (Wildman–Crippen LogP) is 4.43. The standard InChI is InChI=1S/C20H11N7O11/c28-19(15-7-5-13(24(30)31)9-17(15)26(34)35)22-21-11-1-3-12(4-2-11)23-38-20(29)16-8-6-14(25(32)33)10-18(16)27(36)37/h1-10,23H. The summed E-state index contributed by atoms with van der Waals surface area (Å²) in [5.74, 6) is -2.34. The number of azo groups is 1. The maximum atomic E-state index is 12.2. The first-order valence-corrected chi connectivity index (χ1v) is 9.87. The zero-order valence-corrected chi connectivity index (χ0v) is 18.4. The molecule has 0 atom stereocenters. The molecule has 0 fully saturated rings. The van der Waals surface area contributed by atoms with Crippen LogP contribution in [-0.4, -0.2) is 31.6 Å². The van der Waals surface area contributed by atoms with Gasteiger partial charge >= 0.3 is 11.9 Å². The van der Waals surface area contributed by atoms with Gasteiger partial charge in [0.05, 0.1) is 43.2 Å². The van der Waals surface area contributed by atoms with Gasteiger partial charge in [0.1, 0.15) is 11.1 Å². The van der Waals surface area contributed by atoms with E-state index in [1.165, 1.54) is 24.3 Å². The lowest BCUT2D eigenvalue weighted by molar-refractivity contribution is -0.394. The Bertz CT molecular complexity index is 1520. The second kappa shape index (κ2) is 11.0. The molecule has 0 saturated carbocycles. The SMILES string of the molecule is O=C(N=Nc1ccc(NOC(=O)c2ccc([N+](=O)[O-])cc2[N+](=O)[O-])cc1)c1ccc([N+](=O)[O-])cc1[N+](=O)[O-]. The monoisotopic (exact) mass is 525 g/mol. The molecule has 0 bridgehead atoms. The molecule has 0 saturated heterocycles. The molecule has 3 aromatic rings. The fraction of sp³-hybridized carbons (Fsp3) is 0. The molecule has 3 aromatic carbocycles. The van der Waals surface area contributed by atoms with Crippen molar-refractivity contribution in [3.05, 3.63) is 112 Å². The number of hydrogen-bond donors (Lipinski definition) is 1. The van der Waals surface area contributed by atoms with Crippen LogP contribution in [0.4, 0.5) is 34.1 Å². The maximum absolute atomic E-state index is 12.2. The normalized spacial score (nSPS) is 10.5. The van der Waals surface area contributed by atoms with Gasteiger partial charge in [-0.15, -0.1) is 10.2 Å². The molecule has 192 valence electrons. The van der Waals surface area contributed by atoms with Crippen LogP contribution in [0.3, 0.4) is 0 Å². The van der Waals surface area contributed by atoms with Crippen LogP contribution in [0.25, 0.3) is 0 Å². The van der Waals surface area contributed by atoms with E-state index in [-0.39, 0.29) is 11.4 Å². The molecule has 18 nitrogen and oxygen atoms in total. The molecule has 0 unspecified atom stereocenters. The van der Waals surface area contributed by atoms with E-state index in [4.69, 9.17) is 4.84 Å². The minimum absolute atomic E-state index is 0.0887.